The first-order valence-electron chi connectivity index (χ1n) is 5.46. The maximum absolute atomic E-state index is 11.6. The minimum Gasteiger partial charge on any atom is -0.320 e. The van der Waals surface area contributed by atoms with Gasteiger partial charge in [0, 0.05) is 18.3 Å². The van der Waals surface area contributed by atoms with E-state index in [1.54, 1.807) is 4.90 Å². The third-order valence-corrected chi connectivity index (χ3v) is 3.50. The first-order valence-corrected chi connectivity index (χ1v) is 6.09. The fourth-order valence-corrected chi connectivity index (χ4v) is 2.80. The van der Waals surface area contributed by atoms with Gasteiger partial charge in [-0.15, -0.1) is 0 Å². The minimum atomic E-state index is -0.239. The minimum absolute atomic E-state index is 0.0105. The lowest BCUT2D eigenvalue weighted by Gasteiger charge is -2.42. The summed E-state index contributed by atoms with van der Waals surface area (Å²) in [6, 6.07) is -0.121. The molecule has 0 radical (unpaired) electrons. The predicted octanol–water partition coefficient (Wildman–Crippen LogP) is 1.03. The van der Waals surface area contributed by atoms with Gasteiger partial charge in [0.25, 0.3) is 0 Å². The van der Waals surface area contributed by atoms with Crippen LogP contribution < -0.4 is 5.32 Å². The van der Waals surface area contributed by atoms with Crippen molar-refractivity contribution < 1.29 is 9.59 Å². The number of nitrogens with zero attached hydrogens (tertiary/aromatic N) is 1. The lowest BCUT2D eigenvalue weighted by Crippen LogP contribution is -2.61. The van der Waals surface area contributed by atoms with Gasteiger partial charge < -0.3 is 4.90 Å². The van der Waals surface area contributed by atoms with Crippen molar-refractivity contribution in [2.24, 2.45) is 5.92 Å². The van der Waals surface area contributed by atoms with Gasteiger partial charge in [0.15, 0.2) is 0 Å². The van der Waals surface area contributed by atoms with Crippen molar-refractivity contribution in [1.82, 2.24) is 10.2 Å². The number of fused-ring (bicyclic) bond motifs is 1. The van der Waals surface area contributed by atoms with Crippen LogP contribution in [0.1, 0.15) is 25.7 Å². The van der Waals surface area contributed by atoms with Gasteiger partial charge in [-0.05, 0) is 12.8 Å². The van der Waals surface area contributed by atoms with Gasteiger partial charge in [-0.3, -0.25) is 10.1 Å². The molecule has 0 aromatic rings. The number of imide groups is 1. The second kappa shape index (κ2) is 4.43. The van der Waals surface area contributed by atoms with Crippen LogP contribution in [0.15, 0.2) is 0 Å². The van der Waals surface area contributed by atoms with Crippen molar-refractivity contribution in [2.45, 2.75) is 31.7 Å². The van der Waals surface area contributed by atoms with Crippen molar-refractivity contribution in [3.8, 4) is 0 Å². The first kappa shape index (κ1) is 10.8. The van der Waals surface area contributed by atoms with Gasteiger partial charge in [0.2, 0.25) is 5.91 Å². The Balaban J connectivity index is 2.15. The summed E-state index contributed by atoms with van der Waals surface area (Å²) in [4.78, 5) is 25.0. The molecule has 0 bridgehead atoms. The summed E-state index contributed by atoms with van der Waals surface area (Å²) < 4.78 is 0. The summed E-state index contributed by atoms with van der Waals surface area (Å²) >= 11 is 4.14. The van der Waals surface area contributed by atoms with Crippen molar-refractivity contribution in [3.05, 3.63) is 0 Å². The predicted molar refractivity (Wildman–Crippen MR) is 59.8 cm³/mol. The molecule has 1 heterocycles. The molecule has 1 saturated heterocycles. The third-order valence-electron chi connectivity index (χ3n) is 3.30. The zero-order chi connectivity index (χ0) is 10.8. The fraction of sp³-hybridized carbons (Fsp3) is 0.800. The summed E-state index contributed by atoms with van der Waals surface area (Å²) in [7, 11) is 0. The van der Waals surface area contributed by atoms with Crippen LogP contribution in [0.2, 0.25) is 0 Å². The Morgan fingerprint density at radius 1 is 1.33 bits per heavy atom. The van der Waals surface area contributed by atoms with Crippen LogP contribution in [0.4, 0.5) is 4.79 Å². The second-order valence-electron chi connectivity index (χ2n) is 4.17. The normalized spacial score (nSPS) is 31.1. The number of carbonyl (C=O) groups excluding carboxylic acids is 2. The van der Waals surface area contributed by atoms with Gasteiger partial charge in [-0.25, -0.2) is 4.79 Å². The van der Waals surface area contributed by atoms with E-state index in [1.165, 1.54) is 0 Å². The Kier molecular flexibility index (Phi) is 3.19. The SMILES string of the molecule is O=C1NC(=O)N(CCS)C2CCCCC12. The number of hydrogen-bond acceptors (Lipinski definition) is 3. The van der Waals surface area contributed by atoms with Crippen LogP contribution in [-0.4, -0.2) is 35.2 Å². The van der Waals surface area contributed by atoms with Crippen LogP contribution in [0.25, 0.3) is 0 Å². The molecule has 0 aromatic carbocycles. The highest BCUT2D eigenvalue weighted by atomic mass is 32.1. The molecule has 1 aliphatic carbocycles. The summed E-state index contributed by atoms with van der Waals surface area (Å²) in [5.74, 6) is 0.571. The molecule has 2 fully saturated rings. The summed E-state index contributed by atoms with van der Waals surface area (Å²) in [6.07, 6.45) is 4.08. The van der Waals surface area contributed by atoms with E-state index in [0.717, 1.165) is 25.7 Å². The van der Waals surface area contributed by atoms with Crippen LogP contribution in [0.3, 0.4) is 0 Å². The lowest BCUT2D eigenvalue weighted by atomic mass is 9.82. The maximum Gasteiger partial charge on any atom is 0.324 e. The molecule has 0 aromatic heterocycles. The largest absolute Gasteiger partial charge is 0.324 e. The van der Waals surface area contributed by atoms with Crippen molar-refractivity contribution >= 4 is 24.6 Å². The standard InChI is InChI=1S/C10H16N2O2S/c13-9-7-3-1-2-4-8(7)12(5-6-15)10(14)11-9/h7-8,15H,1-6H2,(H,11,13,14). The Morgan fingerprint density at radius 3 is 2.80 bits per heavy atom. The highest BCUT2D eigenvalue weighted by Crippen LogP contribution is 2.31. The fourth-order valence-electron chi connectivity index (χ4n) is 2.59. The number of amides is 3. The van der Waals surface area contributed by atoms with Crippen molar-refractivity contribution in [2.75, 3.05) is 12.3 Å². The molecule has 1 saturated carbocycles. The van der Waals surface area contributed by atoms with Gasteiger partial charge in [-0.2, -0.15) is 12.6 Å². The molecular formula is C10H16N2O2S. The molecule has 2 unspecified atom stereocenters. The molecule has 2 atom stereocenters. The van der Waals surface area contributed by atoms with Crippen LogP contribution in [0, 0.1) is 5.92 Å². The zero-order valence-electron chi connectivity index (χ0n) is 8.61. The smallest absolute Gasteiger partial charge is 0.320 e. The van der Waals surface area contributed by atoms with Crippen molar-refractivity contribution in [3.63, 3.8) is 0 Å². The van der Waals surface area contributed by atoms with E-state index in [-0.39, 0.29) is 23.9 Å². The number of hydrogen-bond donors (Lipinski definition) is 2. The van der Waals surface area contributed by atoms with E-state index in [4.69, 9.17) is 0 Å². The highest BCUT2D eigenvalue weighted by Gasteiger charge is 2.41. The van der Waals surface area contributed by atoms with E-state index in [2.05, 4.69) is 17.9 Å². The van der Waals surface area contributed by atoms with Crippen LogP contribution >= 0.6 is 12.6 Å². The number of urea groups is 1. The van der Waals surface area contributed by atoms with Gasteiger partial charge in [0.05, 0.1) is 5.92 Å². The van der Waals surface area contributed by atoms with E-state index >= 15 is 0 Å². The number of carbonyl (C=O) groups is 2. The summed E-state index contributed by atoms with van der Waals surface area (Å²) in [6.45, 7) is 0.628. The molecule has 0 spiro atoms. The molecule has 1 N–H and O–H groups in total. The summed E-state index contributed by atoms with van der Waals surface area (Å²) in [5, 5.41) is 2.43. The monoisotopic (exact) mass is 228 g/mol. The van der Waals surface area contributed by atoms with E-state index < -0.39 is 0 Å². The molecular weight excluding hydrogens is 212 g/mol. The molecule has 4 nitrogen and oxygen atoms in total. The van der Waals surface area contributed by atoms with Crippen molar-refractivity contribution in [1.29, 1.82) is 0 Å². The van der Waals surface area contributed by atoms with Crippen LogP contribution in [0.5, 0.6) is 0 Å². The first-order chi connectivity index (χ1) is 7.24. The second-order valence-corrected chi connectivity index (χ2v) is 4.62. The Labute approximate surface area is 94.8 Å². The Hall–Kier alpha value is -0.710. The Morgan fingerprint density at radius 2 is 2.07 bits per heavy atom. The molecule has 5 heteroatoms. The maximum atomic E-state index is 11.6. The average molecular weight is 228 g/mol. The average Bonchev–Trinajstić information content (AvgIpc) is 2.24. The van der Waals surface area contributed by atoms with E-state index in [1.807, 2.05) is 0 Å². The van der Waals surface area contributed by atoms with E-state index in [9.17, 15) is 9.59 Å². The van der Waals surface area contributed by atoms with Gasteiger partial charge in [-0.1, -0.05) is 12.8 Å². The molecule has 1 aliphatic heterocycles. The molecule has 2 aliphatic rings. The molecule has 15 heavy (non-hydrogen) atoms. The number of thiol groups is 1. The topological polar surface area (TPSA) is 49.4 Å². The molecule has 84 valence electrons. The van der Waals surface area contributed by atoms with E-state index in [0.29, 0.717) is 12.3 Å². The lowest BCUT2D eigenvalue weighted by molar-refractivity contribution is -0.129. The van der Waals surface area contributed by atoms with Gasteiger partial charge >= 0.3 is 6.03 Å². The number of nitrogens with one attached hydrogen (secondary N) is 1. The molecule has 2 rings (SSSR count). The molecule has 3 amide bonds. The zero-order valence-corrected chi connectivity index (χ0v) is 9.50. The van der Waals surface area contributed by atoms with Crippen LogP contribution in [-0.2, 0) is 4.79 Å². The quantitative estimate of drug-likeness (QED) is 0.693. The number of rotatable bonds is 2. The third kappa shape index (κ3) is 1.97. The Bertz CT molecular complexity index is 283. The van der Waals surface area contributed by atoms with Gasteiger partial charge in [0.1, 0.15) is 0 Å². The highest BCUT2D eigenvalue weighted by molar-refractivity contribution is 7.80. The summed E-state index contributed by atoms with van der Waals surface area (Å²) in [5.41, 5.74) is 0.